The third-order valence-corrected chi connectivity index (χ3v) is 13.6. The fourth-order valence-corrected chi connectivity index (χ4v) is 9.23. The molecule has 2 aromatic heterocycles. The number of aliphatic imine (C=N–C) groups is 1. The number of nitrogens with one attached hydrogen (secondary N) is 4. The van der Waals surface area contributed by atoms with Gasteiger partial charge in [0, 0.05) is 50.2 Å². The first-order chi connectivity index (χ1) is 24.6. The fraction of sp³-hybridized carbons (Fsp3) is 0.533. The van der Waals surface area contributed by atoms with E-state index in [1.807, 2.05) is 57.5 Å². The summed E-state index contributed by atoms with van der Waals surface area (Å²) in [4.78, 5) is 53.4. The molecule has 5 N–H and O–H groups in total. The third kappa shape index (κ3) is 17.3. The Balaban J connectivity index is 0. The number of rotatable bonds is 7. The zero-order valence-electron chi connectivity index (χ0n) is 33.1. The number of halogens is 2. The van der Waals surface area contributed by atoms with Crippen molar-refractivity contribution in [3.05, 3.63) is 41.6 Å². The molecule has 0 aliphatic carbocycles. The van der Waals surface area contributed by atoms with Crippen molar-refractivity contribution in [1.82, 2.24) is 25.6 Å². The van der Waals surface area contributed by atoms with Gasteiger partial charge in [0.25, 0.3) is 0 Å². The summed E-state index contributed by atoms with van der Waals surface area (Å²) in [6.45, 7) is 9.79. The Labute approximate surface area is 442 Å². The third-order valence-electron chi connectivity index (χ3n) is 7.72. The number of carbonyl (C=O) groups excluding carboxylic acids is 4. The van der Waals surface area contributed by atoms with Gasteiger partial charge in [-0.15, -0.1) is 22.7 Å². The van der Waals surface area contributed by atoms with E-state index in [4.69, 9.17) is 20.4 Å². The summed E-state index contributed by atoms with van der Waals surface area (Å²) in [5, 5.41) is 20.5. The van der Waals surface area contributed by atoms with Gasteiger partial charge in [-0.05, 0) is 104 Å². The van der Waals surface area contributed by atoms with Crippen molar-refractivity contribution in [1.29, 1.82) is 0 Å². The minimum atomic E-state index is -1.28. The van der Waals surface area contributed by atoms with E-state index in [0.717, 1.165) is 18.7 Å². The average molecular weight is 1020 g/mol. The van der Waals surface area contributed by atoms with Gasteiger partial charge in [0.15, 0.2) is 16.7 Å². The number of aliphatic hydroxyl groups excluding tert-OH is 1. The standard InChI is InChI=1S/C14H20BrNO3S2.C13H15BBrN3O3S.C3H5BN2OS.3K.H/c1-13(2,3)21(18)16-14(4,10-5-6-19-12(10)17)11-7-9(15)8-20-11;1-13(9-5-7(15)6-22-9)8(3-4-19)10(20)18(2)12(17-13)16-11(14)21;1-5-3(8)6-2(4)7;;;;/h7-8,10,16H,5-6H2,1-4H3;5-6,8,19H,3-4H2,1-2H3,(H,16,17,21);1H3,(H2,5,6,7,8);;;;/q;;;;;+1;-1/t10?,14-,21+;8-,13-;;;;;/m00...../s1. The zero-order chi connectivity index (χ0) is 40.9. The average Bonchev–Trinajstić information content (AvgIpc) is 3.84. The van der Waals surface area contributed by atoms with Gasteiger partial charge in [-0.1, -0.05) is 0 Å². The summed E-state index contributed by atoms with van der Waals surface area (Å²) in [6, 6.07) is 3.86. The second kappa shape index (κ2) is 27.1. The molecular formula is C30H41B2Br2K3N6O7S4. The Hall–Kier alpha value is 2.91. The SMILES string of the molecule is CC(C)(C)[S@@](=O)N[C@](C)(c1cc(Br)cs1)C1CCOC1=O.[B]C(=O)NC(=S)NC.[B]C(=O)NC1=N[C@](C)(c2cc(Br)cs2)[C@@H](CCO)C(=O)N1C.[H-].[K+].[K][K]. The quantitative estimate of drug-likeness (QED) is 0.150. The van der Waals surface area contributed by atoms with Crippen LogP contribution < -0.4 is 72.1 Å². The van der Waals surface area contributed by atoms with E-state index in [1.165, 1.54) is 86.4 Å². The molecule has 13 nitrogen and oxygen atoms in total. The topological polar surface area (TPSA) is 179 Å². The first-order valence-corrected chi connectivity index (χ1v) is 37.2. The van der Waals surface area contributed by atoms with Crippen LogP contribution in [0.1, 0.15) is 58.6 Å². The van der Waals surface area contributed by atoms with Crippen LogP contribution in [0, 0.1) is 11.8 Å². The van der Waals surface area contributed by atoms with Crippen LogP contribution in [0.3, 0.4) is 0 Å². The predicted octanol–water partition coefficient (Wildman–Crippen LogP) is 0.495. The van der Waals surface area contributed by atoms with E-state index >= 15 is 0 Å². The van der Waals surface area contributed by atoms with Crippen LogP contribution in [0.4, 0.5) is 9.59 Å². The summed E-state index contributed by atoms with van der Waals surface area (Å²) in [6.07, 6.45) is 0.918. The number of aliphatic hydroxyl groups is 1. The molecule has 0 saturated carbocycles. The van der Waals surface area contributed by atoms with Crippen LogP contribution in [-0.4, -0.2) is 160 Å². The van der Waals surface area contributed by atoms with Gasteiger partial charge in [0.05, 0.1) is 39.7 Å². The summed E-state index contributed by atoms with van der Waals surface area (Å²) >= 11 is 16.8. The Morgan fingerprint density at radius 1 is 1.17 bits per heavy atom. The van der Waals surface area contributed by atoms with Gasteiger partial charge in [0.1, 0.15) is 5.54 Å². The number of amides is 3. The predicted molar refractivity (Wildman–Crippen MR) is 227 cm³/mol. The van der Waals surface area contributed by atoms with Gasteiger partial charge in [-0.2, -0.15) is 0 Å². The summed E-state index contributed by atoms with van der Waals surface area (Å²) in [7, 11) is 11.7. The van der Waals surface area contributed by atoms with Gasteiger partial charge < -0.3 is 27.2 Å². The van der Waals surface area contributed by atoms with E-state index < -0.39 is 44.3 Å². The molecule has 1 unspecified atom stereocenters. The molecule has 0 aromatic carbocycles. The minimum absolute atomic E-state index is 0. The molecule has 3 amide bonds. The van der Waals surface area contributed by atoms with E-state index in [1.54, 1.807) is 18.4 Å². The molecule has 0 bridgehead atoms. The fourth-order valence-electron chi connectivity index (χ4n) is 4.93. The van der Waals surface area contributed by atoms with Crippen molar-refractivity contribution in [2.45, 2.75) is 63.3 Å². The summed E-state index contributed by atoms with van der Waals surface area (Å²) in [5.74, 6) is -2.61. The molecule has 4 rings (SSSR count). The normalized spacial score (nSPS) is 20.7. The van der Waals surface area contributed by atoms with E-state index in [-0.39, 0.29) is 94.7 Å². The monoisotopic (exact) mass is 1020 g/mol. The van der Waals surface area contributed by atoms with Crippen LogP contribution in [0.2, 0.25) is 0 Å². The number of ether oxygens (including phenoxy) is 1. The molecule has 1 fully saturated rings. The number of nitrogens with zero attached hydrogens (tertiary/aromatic N) is 2. The maximum absolute atomic E-state index is 12.6. The first kappa shape index (κ1) is 56.9. The van der Waals surface area contributed by atoms with Crippen molar-refractivity contribution in [3.8, 4) is 0 Å². The molecule has 4 radical (unpaired) electrons. The molecule has 24 heteroatoms. The van der Waals surface area contributed by atoms with Crippen molar-refractivity contribution in [2.75, 3.05) is 27.3 Å². The number of guanidine groups is 1. The number of hydrogen-bond donors (Lipinski definition) is 5. The first-order valence-electron chi connectivity index (χ1n) is 16.3. The number of thiophene rings is 2. The Bertz CT molecular complexity index is 1680. The maximum atomic E-state index is 12.6. The van der Waals surface area contributed by atoms with E-state index in [9.17, 15) is 28.5 Å². The van der Waals surface area contributed by atoms with Gasteiger partial charge >= 0.3 is 121 Å². The zero-order valence-corrected chi connectivity index (χ0v) is 47.9. The number of carbonyl (C=O) groups is 4. The van der Waals surface area contributed by atoms with E-state index in [2.05, 4.69) is 69.7 Å². The second-order valence-electron chi connectivity index (χ2n) is 12.6. The van der Waals surface area contributed by atoms with Crippen LogP contribution in [-0.2, 0) is 36.4 Å². The number of thiocarbonyl (C=S) groups is 1. The molecule has 0 spiro atoms. The Kier molecular flexibility index (Phi) is 28.5. The Morgan fingerprint density at radius 2 is 1.74 bits per heavy atom. The van der Waals surface area contributed by atoms with Crippen molar-refractivity contribution < 1.29 is 86.0 Å². The molecular weight excluding hydrogens is 983 g/mol. The Morgan fingerprint density at radius 3 is 2.13 bits per heavy atom. The number of esters is 1. The number of cyclic esters (lactones) is 1. The second-order valence-corrected chi connectivity index (χ2v) is 18.6. The van der Waals surface area contributed by atoms with Gasteiger partial charge in [-0.25, -0.2) is 13.9 Å². The molecule has 4 heterocycles. The van der Waals surface area contributed by atoms with Crippen LogP contribution in [0.15, 0.2) is 36.8 Å². The molecule has 2 aliphatic rings. The molecule has 5 atom stereocenters. The molecule has 54 heavy (non-hydrogen) atoms. The van der Waals surface area contributed by atoms with Gasteiger partial charge in [-0.3, -0.25) is 24.1 Å². The van der Waals surface area contributed by atoms with E-state index in [0.29, 0.717) is 13.0 Å². The molecule has 2 aliphatic heterocycles. The van der Waals surface area contributed by atoms with Gasteiger partial charge in [0.2, 0.25) is 27.6 Å². The summed E-state index contributed by atoms with van der Waals surface area (Å²) in [5.41, 5.74) is -1.57. The summed E-state index contributed by atoms with van der Waals surface area (Å²) < 4.78 is 22.3. The van der Waals surface area contributed by atoms with Crippen molar-refractivity contribution >= 4 is 191 Å². The van der Waals surface area contributed by atoms with Crippen LogP contribution >= 0.6 is 66.8 Å². The van der Waals surface area contributed by atoms with Crippen LogP contribution in [0.25, 0.3) is 0 Å². The molecule has 280 valence electrons. The van der Waals surface area contributed by atoms with Crippen molar-refractivity contribution in [2.24, 2.45) is 16.8 Å². The molecule has 1 saturated heterocycles. The van der Waals surface area contributed by atoms with Crippen molar-refractivity contribution in [3.63, 3.8) is 0 Å². The number of hydrogen-bond acceptors (Lipinski definition) is 11. The molecule has 2 aromatic rings. The van der Waals surface area contributed by atoms with Crippen LogP contribution in [0.5, 0.6) is 0 Å².